The van der Waals surface area contributed by atoms with Crippen LogP contribution in [0.5, 0.6) is 17.2 Å². The molecule has 0 bridgehead atoms. The fourth-order valence-corrected chi connectivity index (χ4v) is 3.82. The van der Waals surface area contributed by atoms with Gasteiger partial charge < -0.3 is 14.2 Å². The smallest absolute Gasteiger partial charge is 0.417 e. The van der Waals surface area contributed by atoms with Crippen LogP contribution in [0.4, 0.5) is 22.7 Å². The van der Waals surface area contributed by atoms with Gasteiger partial charge in [-0.15, -0.1) is 11.3 Å². The number of nitrogens with zero attached hydrogens (tertiary/aromatic N) is 1. The van der Waals surface area contributed by atoms with E-state index in [0.29, 0.717) is 29.7 Å². The third-order valence-corrected chi connectivity index (χ3v) is 5.37. The van der Waals surface area contributed by atoms with E-state index in [-0.39, 0.29) is 28.8 Å². The number of benzene rings is 2. The van der Waals surface area contributed by atoms with Gasteiger partial charge in [0.25, 0.3) is 5.91 Å². The van der Waals surface area contributed by atoms with E-state index in [1.54, 1.807) is 11.4 Å². The van der Waals surface area contributed by atoms with Gasteiger partial charge in [0, 0.05) is 17.0 Å². The Balaban J connectivity index is 1.55. The van der Waals surface area contributed by atoms with E-state index in [2.05, 4.69) is 10.3 Å². The molecule has 0 atom stereocenters. The lowest BCUT2D eigenvalue weighted by Gasteiger charge is -2.20. The fraction of sp³-hybridized carbons (Fsp3) is 0.182. The number of amides is 1. The largest absolute Gasteiger partial charge is 0.494 e. The average molecular weight is 480 g/mol. The standard InChI is InChI=1S/C22H16F4N2O4S/c1-30-17-4-3-13(8-15(17)23)16-11-33-21(27-16)28-20(29)10-14(22(24,25)26)12-2-5-18-19(9-12)32-7-6-31-18/h2-5,8-11H,6-7H2,1H3,(H,27,28,29)/b14-10-. The number of carbonyl (C=O) groups is 1. The number of thiazole rings is 1. The molecule has 2 aromatic carbocycles. The first-order valence-corrected chi connectivity index (χ1v) is 10.4. The van der Waals surface area contributed by atoms with Crippen molar-refractivity contribution in [1.29, 1.82) is 0 Å². The first-order valence-electron chi connectivity index (χ1n) is 9.54. The molecule has 1 aliphatic rings. The summed E-state index contributed by atoms with van der Waals surface area (Å²) in [5, 5.41) is 3.93. The van der Waals surface area contributed by atoms with Crippen molar-refractivity contribution in [3.8, 4) is 28.5 Å². The number of anilines is 1. The molecule has 33 heavy (non-hydrogen) atoms. The molecule has 1 aliphatic heterocycles. The fourth-order valence-electron chi connectivity index (χ4n) is 3.10. The second-order valence-corrected chi connectivity index (χ2v) is 7.65. The van der Waals surface area contributed by atoms with Gasteiger partial charge in [-0.05, 0) is 35.9 Å². The van der Waals surface area contributed by atoms with E-state index in [9.17, 15) is 22.4 Å². The second-order valence-electron chi connectivity index (χ2n) is 6.79. The third kappa shape index (κ3) is 5.08. The summed E-state index contributed by atoms with van der Waals surface area (Å²) >= 11 is 0.994. The van der Waals surface area contributed by atoms with Gasteiger partial charge in [-0.25, -0.2) is 9.37 Å². The summed E-state index contributed by atoms with van der Waals surface area (Å²) in [6, 6.07) is 7.96. The van der Waals surface area contributed by atoms with E-state index in [0.717, 1.165) is 11.3 Å². The van der Waals surface area contributed by atoms with Gasteiger partial charge in [0.1, 0.15) is 13.2 Å². The number of methoxy groups -OCH3 is 1. The number of nitrogens with one attached hydrogen (secondary N) is 1. The Kier molecular flexibility index (Phi) is 6.23. The van der Waals surface area contributed by atoms with Gasteiger partial charge in [0.2, 0.25) is 0 Å². The predicted molar refractivity (Wildman–Crippen MR) is 114 cm³/mol. The van der Waals surface area contributed by atoms with Gasteiger partial charge in [0.05, 0.1) is 18.4 Å². The highest BCUT2D eigenvalue weighted by Crippen LogP contribution is 2.39. The van der Waals surface area contributed by atoms with Crippen molar-refractivity contribution in [2.24, 2.45) is 0 Å². The molecular weight excluding hydrogens is 464 g/mol. The number of ether oxygens (including phenoxy) is 3. The second kappa shape index (κ2) is 9.10. The molecule has 1 aromatic heterocycles. The maximum Gasteiger partial charge on any atom is 0.417 e. The summed E-state index contributed by atoms with van der Waals surface area (Å²) in [5.41, 5.74) is -0.613. The lowest BCUT2D eigenvalue weighted by Crippen LogP contribution is -2.18. The van der Waals surface area contributed by atoms with Crippen LogP contribution in [-0.4, -0.2) is 37.4 Å². The summed E-state index contributed by atoms with van der Waals surface area (Å²) in [6.45, 7) is 0.516. The molecule has 3 aromatic rings. The first-order chi connectivity index (χ1) is 15.7. The van der Waals surface area contributed by atoms with Crippen molar-refractivity contribution in [2.75, 3.05) is 25.6 Å². The first kappa shape index (κ1) is 22.6. The molecular formula is C22H16F4N2O4S. The monoisotopic (exact) mass is 480 g/mol. The maximum atomic E-state index is 13.9. The number of rotatable bonds is 5. The number of halogens is 4. The van der Waals surface area contributed by atoms with Crippen LogP contribution in [0.3, 0.4) is 0 Å². The number of aromatic nitrogens is 1. The van der Waals surface area contributed by atoms with Crippen LogP contribution in [0, 0.1) is 5.82 Å². The van der Waals surface area contributed by atoms with Crippen molar-refractivity contribution < 1.29 is 36.6 Å². The molecule has 2 heterocycles. The van der Waals surface area contributed by atoms with Crippen molar-refractivity contribution in [3.63, 3.8) is 0 Å². The van der Waals surface area contributed by atoms with Gasteiger partial charge in [0.15, 0.2) is 28.2 Å². The Morgan fingerprint density at radius 3 is 2.61 bits per heavy atom. The maximum absolute atomic E-state index is 13.9. The lowest BCUT2D eigenvalue weighted by atomic mass is 10.0. The summed E-state index contributed by atoms with van der Waals surface area (Å²) < 4.78 is 70.5. The molecule has 0 saturated heterocycles. The molecule has 1 amide bonds. The Labute approximate surface area is 189 Å². The van der Waals surface area contributed by atoms with Gasteiger partial charge in [-0.1, -0.05) is 6.07 Å². The minimum atomic E-state index is -4.80. The van der Waals surface area contributed by atoms with E-state index >= 15 is 0 Å². The van der Waals surface area contributed by atoms with E-state index in [4.69, 9.17) is 14.2 Å². The quantitative estimate of drug-likeness (QED) is 0.396. The van der Waals surface area contributed by atoms with E-state index < -0.39 is 23.5 Å². The van der Waals surface area contributed by atoms with Crippen LogP contribution in [-0.2, 0) is 4.79 Å². The van der Waals surface area contributed by atoms with Crippen molar-refractivity contribution in [1.82, 2.24) is 4.98 Å². The molecule has 0 unspecified atom stereocenters. The molecule has 6 nitrogen and oxygen atoms in total. The zero-order valence-corrected chi connectivity index (χ0v) is 17.8. The normalized spacial score (nSPS) is 13.5. The number of hydrogen-bond donors (Lipinski definition) is 1. The van der Waals surface area contributed by atoms with Crippen LogP contribution in [0.1, 0.15) is 5.56 Å². The zero-order valence-electron chi connectivity index (χ0n) is 17.0. The summed E-state index contributed by atoms with van der Waals surface area (Å²) in [4.78, 5) is 16.5. The Morgan fingerprint density at radius 1 is 1.15 bits per heavy atom. The molecule has 0 saturated carbocycles. The van der Waals surface area contributed by atoms with E-state index in [1.165, 1.54) is 37.4 Å². The number of allylic oxidation sites excluding steroid dienone is 1. The van der Waals surface area contributed by atoms with Crippen LogP contribution in [0.15, 0.2) is 47.9 Å². The number of hydrogen-bond acceptors (Lipinski definition) is 6. The number of fused-ring (bicyclic) bond motifs is 1. The van der Waals surface area contributed by atoms with Crippen LogP contribution < -0.4 is 19.5 Å². The van der Waals surface area contributed by atoms with Crippen molar-refractivity contribution >= 4 is 27.9 Å². The number of carbonyl (C=O) groups excluding carboxylic acids is 1. The van der Waals surface area contributed by atoms with Crippen molar-refractivity contribution in [3.05, 3.63) is 59.2 Å². The highest BCUT2D eigenvalue weighted by atomic mass is 32.1. The predicted octanol–water partition coefficient (Wildman–Crippen LogP) is 5.31. The molecule has 172 valence electrons. The van der Waals surface area contributed by atoms with Gasteiger partial charge >= 0.3 is 6.18 Å². The highest BCUT2D eigenvalue weighted by molar-refractivity contribution is 7.14. The summed E-state index contributed by atoms with van der Waals surface area (Å²) in [5.74, 6) is -1.04. The number of alkyl halides is 3. The topological polar surface area (TPSA) is 69.7 Å². The molecule has 11 heteroatoms. The average Bonchev–Trinajstić information content (AvgIpc) is 3.24. The highest BCUT2D eigenvalue weighted by Gasteiger charge is 2.36. The van der Waals surface area contributed by atoms with E-state index in [1.807, 2.05) is 0 Å². The molecule has 0 radical (unpaired) electrons. The van der Waals surface area contributed by atoms with Crippen LogP contribution in [0.2, 0.25) is 0 Å². The summed E-state index contributed by atoms with van der Waals surface area (Å²) in [6.07, 6.45) is -4.34. The third-order valence-electron chi connectivity index (χ3n) is 4.62. The van der Waals surface area contributed by atoms with Gasteiger partial charge in [-0.3, -0.25) is 10.1 Å². The molecule has 0 spiro atoms. The minimum Gasteiger partial charge on any atom is -0.494 e. The minimum absolute atomic E-state index is 0.0613. The molecule has 0 aliphatic carbocycles. The van der Waals surface area contributed by atoms with Crippen molar-refractivity contribution in [2.45, 2.75) is 6.18 Å². The zero-order chi connectivity index (χ0) is 23.6. The van der Waals surface area contributed by atoms with Gasteiger partial charge in [-0.2, -0.15) is 13.2 Å². The molecule has 1 N–H and O–H groups in total. The SMILES string of the molecule is COc1ccc(-c2csc(NC(=O)/C=C(/c3ccc4c(c3)OCCO4)C(F)(F)F)n2)cc1F. The Bertz CT molecular complexity index is 1220. The summed E-state index contributed by atoms with van der Waals surface area (Å²) in [7, 11) is 1.34. The van der Waals surface area contributed by atoms with Crippen LogP contribution >= 0.6 is 11.3 Å². The molecule has 4 rings (SSSR count). The Morgan fingerprint density at radius 2 is 1.91 bits per heavy atom. The molecule has 0 fully saturated rings. The Hall–Kier alpha value is -3.60. The lowest BCUT2D eigenvalue weighted by molar-refractivity contribution is -0.112. The van der Waals surface area contributed by atoms with Crippen LogP contribution in [0.25, 0.3) is 16.8 Å².